The van der Waals surface area contributed by atoms with Gasteiger partial charge in [0.05, 0.1) is 36.3 Å². The Morgan fingerprint density at radius 1 is 1.23 bits per heavy atom. The van der Waals surface area contributed by atoms with Crippen LogP contribution in [0.5, 0.6) is 0 Å². The summed E-state index contributed by atoms with van der Waals surface area (Å²) in [6, 6.07) is 5.81. The van der Waals surface area contributed by atoms with Crippen molar-refractivity contribution in [2.24, 2.45) is 17.8 Å². The van der Waals surface area contributed by atoms with Crippen molar-refractivity contribution in [1.82, 2.24) is 24.8 Å². The van der Waals surface area contributed by atoms with Crippen molar-refractivity contribution in [3.63, 3.8) is 0 Å². The Kier molecular flexibility index (Phi) is 9.27. The van der Waals surface area contributed by atoms with E-state index in [0.717, 1.165) is 18.4 Å². The minimum Gasteiger partial charge on any atom is -0.465 e. The maximum atomic E-state index is 14.8. The predicted octanol–water partition coefficient (Wildman–Crippen LogP) is 3.47. The summed E-state index contributed by atoms with van der Waals surface area (Å²) in [6.07, 6.45) is 7.25. The second-order valence-corrected chi connectivity index (χ2v) is 13.0. The molecule has 238 valence electrons. The van der Waals surface area contributed by atoms with Crippen LogP contribution in [0.4, 0.5) is 0 Å². The number of esters is 1. The molecule has 11 nitrogen and oxygen atoms in total. The lowest BCUT2D eigenvalue weighted by molar-refractivity contribution is -0.162. The van der Waals surface area contributed by atoms with Crippen LogP contribution in [0, 0.1) is 17.8 Å². The highest BCUT2D eigenvalue weighted by Gasteiger charge is 2.79. The Morgan fingerprint density at radius 3 is 2.70 bits per heavy atom. The number of hydrogen-bond acceptors (Lipinski definition) is 8. The highest BCUT2D eigenvalue weighted by atomic mass is 16.6. The molecule has 44 heavy (non-hydrogen) atoms. The van der Waals surface area contributed by atoms with Crippen molar-refractivity contribution in [2.75, 3.05) is 19.8 Å². The number of ether oxygens (including phenoxy) is 2. The predicted molar refractivity (Wildman–Crippen MR) is 164 cm³/mol. The molecule has 3 aliphatic heterocycles. The molecule has 1 spiro atoms. The van der Waals surface area contributed by atoms with E-state index in [1.54, 1.807) is 15.7 Å². The van der Waals surface area contributed by atoms with E-state index in [-0.39, 0.29) is 44.2 Å². The standard InChI is InChI=1S/C33H45N5O6/c1-6-8-9-12-18-43-31(42)27-26-29(40)38(23(20-39)19-22(3)4)28(33(26)16-15-32(27,5)44-33)30(41)36(17-7-2)21-37-25-14-11-10-13-24(25)34-35-37/h6-7,10-11,13-14,22-23,26-28,39H,1-2,8-9,12,15-21H2,3-5H3/t23-,26+,27+,28?,32-,33?/m1/s1. The second kappa shape index (κ2) is 12.8. The molecule has 2 bridgehead atoms. The summed E-state index contributed by atoms with van der Waals surface area (Å²) in [5.74, 6) is -2.76. The molecular formula is C33H45N5O6. The summed E-state index contributed by atoms with van der Waals surface area (Å²) >= 11 is 0. The van der Waals surface area contributed by atoms with Gasteiger partial charge in [0.15, 0.2) is 0 Å². The molecule has 2 amide bonds. The fourth-order valence-electron chi connectivity index (χ4n) is 7.60. The highest BCUT2D eigenvalue weighted by Crippen LogP contribution is 2.63. The van der Waals surface area contributed by atoms with Crippen LogP contribution in [0.1, 0.15) is 59.3 Å². The van der Waals surface area contributed by atoms with Crippen molar-refractivity contribution < 1.29 is 29.0 Å². The molecule has 5 rings (SSSR count). The van der Waals surface area contributed by atoms with Gasteiger partial charge in [0.25, 0.3) is 0 Å². The number of nitrogens with zero attached hydrogens (tertiary/aromatic N) is 5. The molecule has 3 fully saturated rings. The Hall–Kier alpha value is -3.57. The van der Waals surface area contributed by atoms with Crippen LogP contribution in [0.3, 0.4) is 0 Å². The van der Waals surface area contributed by atoms with Gasteiger partial charge in [0.2, 0.25) is 11.8 Å². The lowest BCUT2D eigenvalue weighted by Crippen LogP contribution is -2.59. The van der Waals surface area contributed by atoms with E-state index in [1.807, 2.05) is 51.1 Å². The largest absolute Gasteiger partial charge is 0.465 e. The molecule has 1 N–H and O–H groups in total. The third kappa shape index (κ3) is 5.45. The highest BCUT2D eigenvalue weighted by molar-refractivity contribution is 5.98. The van der Waals surface area contributed by atoms with E-state index in [0.29, 0.717) is 31.2 Å². The molecule has 4 heterocycles. The molecule has 0 radical (unpaired) electrons. The number of fused-ring (bicyclic) bond motifs is 2. The van der Waals surface area contributed by atoms with Crippen molar-refractivity contribution in [3.05, 3.63) is 49.6 Å². The second-order valence-electron chi connectivity index (χ2n) is 13.0. The number of hydrogen-bond donors (Lipinski definition) is 1. The molecule has 1 aromatic carbocycles. The zero-order chi connectivity index (χ0) is 31.6. The van der Waals surface area contributed by atoms with E-state index < -0.39 is 41.1 Å². The van der Waals surface area contributed by atoms with E-state index >= 15 is 0 Å². The summed E-state index contributed by atoms with van der Waals surface area (Å²) in [5.41, 5.74) is -0.715. The topological polar surface area (TPSA) is 127 Å². The van der Waals surface area contributed by atoms with E-state index in [9.17, 15) is 19.5 Å². The molecule has 0 aliphatic carbocycles. The van der Waals surface area contributed by atoms with Gasteiger partial charge in [-0.15, -0.1) is 18.3 Å². The minimum absolute atomic E-state index is 0.0755. The van der Waals surface area contributed by atoms with E-state index in [4.69, 9.17) is 9.47 Å². The first-order valence-corrected chi connectivity index (χ1v) is 15.7. The van der Waals surface area contributed by atoms with Gasteiger partial charge in [-0.3, -0.25) is 14.4 Å². The first-order valence-electron chi connectivity index (χ1n) is 15.7. The molecule has 2 aromatic rings. The number of likely N-dealkylation sites (tertiary alicyclic amines) is 1. The maximum Gasteiger partial charge on any atom is 0.312 e. The van der Waals surface area contributed by atoms with Gasteiger partial charge in [-0.2, -0.15) is 0 Å². The number of unbranched alkanes of at least 4 members (excludes halogenated alkanes) is 2. The normalized spacial score (nSPS) is 28.0. The van der Waals surface area contributed by atoms with Gasteiger partial charge < -0.3 is 24.4 Å². The molecule has 11 heteroatoms. The Balaban J connectivity index is 1.51. The van der Waals surface area contributed by atoms with Crippen molar-refractivity contribution in [3.8, 4) is 0 Å². The SMILES string of the molecule is C=CCCCCOC(=O)[C@@H]1[C@H]2C(=O)N([C@@H](CO)CC(C)C)C(C(=O)N(CC=C)Cn3nnc4ccccc43)C23CC[C@@]1(C)O3. The van der Waals surface area contributed by atoms with Gasteiger partial charge in [-0.25, -0.2) is 4.68 Å². The molecular weight excluding hydrogens is 562 g/mol. The van der Waals surface area contributed by atoms with Crippen LogP contribution < -0.4 is 0 Å². The third-order valence-corrected chi connectivity index (χ3v) is 9.48. The van der Waals surface area contributed by atoms with Gasteiger partial charge in [-0.1, -0.05) is 43.3 Å². The summed E-state index contributed by atoms with van der Waals surface area (Å²) < 4.78 is 14.1. The zero-order valence-electron chi connectivity index (χ0n) is 26.1. The van der Waals surface area contributed by atoms with Crippen LogP contribution in [-0.4, -0.2) is 90.7 Å². The van der Waals surface area contributed by atoms with Gasteiger partial charge >= 0.3 is 5.97 Å². The van der Waals surface area contributed by atoms with Crippen molar-refractivity contribution in [2.45, 2.75) is 89.3 Å². The fraction of sp³-hybridized carbons (Fsp3) is 0.606. The Bertz CT molecular complexity index is 1410. The maximum absolute atomic E-state index is 14.8. The Morgan fingerprint density at radius 2 is 2.00 bits per heavy atom. The number of carbonyl (C=O) groups excluding carboxylic acids is 3. The van der Waals surface area contributed by atoms with E-state index in [2.05, 4.69) is 23.5 Å². The van der Waals surface area contributed by atoms with Gasteiger partial charge in [-0.05, 0) is 63.5 Å². The average molecular weight is 608 g/mol. The number of aliphatic hydroxyl groups is 1. The van der Waals surface area contributed by atoms with Crippen LogP contribution in [0.2, 0.25) is 0 Å². The Labute approximate surface area is 258 Å². The van der Waals surface area contributed by atoms with Gasteiger partial charge in [0, 0.05) is 6.54 Å². The van der Waals surface area contributed by atoms with Crippen LogP contribution in [0.25, 0.3) is 11.0 Å². The number of para-hydroxylation sites is 1. The number of carbonyl (C=O) groups is 3. The molecule has 6 atom stereocenters. The number of aromatic nitrogens is 3. The lowest BCUT2D eigenvalue weighted by Gasteiger charge is -2.39. The summed E-state index contributed by atoms with van der Waals surface area (Å²) in [7, 11) is 0. The summed E-state index contributed by atoms with van der Waals surface area (Å²) in [4.78, 5) is 46.1. The molecule has 3 aliphatic rings. The minimum atomic E-state index is -1.23. The summed E-state index contributed by atoms with van der Waals surface area (Å²) in [6.45, 7) is 13.7. The molecule has 2 unspecified atom stereocenters. The smallest absolute Gasteiger partial charge is 0.312 e. The lowest BCUT2D eigenvalue weighted by atomic mass is 9.66. The first-order chi connectivity index (χ1) is 21.1. The quantitative estimate of drug-likeness (QED) is 0.185. The van der Waals surface area contributed by atoms with Crippen molar-refractivity contribution in [1.29, 1.82) is 0 Å². The van der Waals surface area contributed by atoms with Crippen LogP contribution in [-0.2, 0) is 30.5 Å². The molecule has 0 saturated carbocycles. The monoisotopic (exact) mass is 607 g/mol. The van der Waals surface area contributed by atoms with Crippen LogP contribution in [0.15, 0.2) is 49.6 Å². The van der Waals surface area contributed by atoms with Gasteiger partial charge in [0.1, 0.15) is 29.7 Å². The number of allylic oxidation sites excluding steroid dienone is 1. The van der Waals surface area contributed by atoms with E-state index in [1.165, 1.54) is 4.90 Å². The fourth-order valence-corrected chi connectivity index (χ4v) is 7.60. The number of rotatable bonds is 15. The van der Waals surface area contributed by atoms with Crippen molar-refractivity contribution >= 4 is 28.8 Å². The summed E-state index contributed by atoms with van der Waals surface area (Å²) in [5, 5.41) is 19.1. The number of benzene rings is 1. The number of aliphatic hydroxyl groups excluding tert-OH is 1. The van der Waals surface area contributed by atoms with Crippen LogP contribution >= 0.6 is 0 Å². The third-order valence-electron chi connectivity index (χ3n) is 9.48. The molecule has 3 saturated heterocycles. The zero-order valence-corrected chi connectivity index (χ0v) is 26.1. The average Bonchev–Trinajstić information content (AvgIpc) is 3.70. The number of amides is 2. The first kappa shape index (κ1) is 31.8. The molecule has 1 aromatic heterocycles.